The highest BCUT2D eigenvalue weighted by Crippen LogP contribution is 2.36. The lowest BCUT2D eigenvalue weighted by Gasteiger charge is -2.16. The van der Waals surface area contributed by atoms with Gasteiger partial charge in [-0.1, -0.05) is 5.16 Å². The number of amides is 1. The quantitative estimate of drug-likeness (QED) is 0.719. The molecule has 1 atom stereocenters. The molecule has 0 unspecified atom stereocenters. The molecule has 8 nitrogen and oxygen atoms in total. The predicted molar refractivity (Wildman–Crippen MR) is 91.1 cm³/mol. The molecular weight excluding hydrogens is 350 g/mol. The van der Waals surface area contributed by atoms with Crippen LogP contribution in [0.1, 0.15) is 21.6 Å². The number of aliphatic carboxylic acids is 1. The average Bonchev–Trinajstić information content (AvgIpc) is 3.03. The zero-order valence-corrected chi connectivity index (χ0v) is 14.3. The Hall–Kier alpha value is -2.58. The number of halogens is 1. The summed E-state index contributed by atoms with van der Waals surface area (Å²) in [5.74, 6) is -0.513. The molecule has 9 heteroatoms. The number of hydrogen-bond donors (Lipinski definition) is 3. The van der Waals surface area contributed by atoms with Crippen LogP contribution < -0.4 is 15.8 Å². The van der Waals surface area contributed by atoms with Crippen LogP contribution in [0.25, 0.3) is 11.3 Å². The normalized spacial score (nSPS) is 13.0. The van der Waals surface area contributed by atoms with Crippen LogP contribution in [-0.2, 0) is 17.6 Å². The van der Waals surface area contributed by atoms with Crippen molar-refractivity contribution < 1.29 is 24.0 Å². The molecule has 3 rings (SSSR count). The van der Waals surface area contributed by atoms with Crippen molar-refractivity contribution in [1.29, 1.82) is 0 Å². The third-order valence-electron chi connectivity index (χ3n) is 4.04. The number of fused-ring (bicyclic) bond motifs is 3. The Bertz CT molecular complexity index is 805. The first-order chi connectivity index (χ1) is 11.5. The van der Waals surface area contributed by atoms with Crippen molar-refractivity contribution in [2.45, 2.75) is 18.9 Å². The van der Waals surface area contributed by atoms with Gasteiger partial charge in [0.05, 0.1) is 7.11 Å². The van der Waals surface area contributed by atoms with Gasteiger partial charge in [-0.2, -0.15) is 0 Å². The van der Waals surface area contributed by atoms with E-state index in [0.717, 1.165) is 16.9 Å². The number of benzene rings is 1. The van der Waals surface area contributed by atoms with E-state index in [1.165, 1.54) is 0 Å². The maximum Gasteiger partial charge on any atom is 0.327 e. The Morgan fingerprint density at radius 2 is 2.20 bits per heavy atom. The zero-order chi connectivity index (χ0) is 17.3. The van der Waals surface area contributed by atoms with Crippen molar-refractivity contribution in [3.05, 3.63) is 35.0 Å². The Kier molecular flexibility index (Phi) is 5.66. The summed E-state index contributed by atoms with van der Waals surface area (Å²) in [5, 5.41) is 15.2. The van der Waals surface area contributed by atoms with Gasteiger partial charge in [0.1, 0.15) is 11.8 Å². The molecule has 2 aromatic rings. The topological polar surface area (TPSA) is 128 Å². The molecule has 0 saturated carbocycles. The summed E-state index contributed by atoms with van der Waals surface area (Å²) in [7, 11) is 1.60. The maximum absolute atomic E-state index is 12.3. The number of carboxylic acids is 1. The fourth-order valence-corrected chi connectivity index (χ4v) is 2.76. The number of methoxy groups -OCH3 is 1. The Morgan fingerprint density at radius 1 is 1.44 bits per heavy atom. The number of nitrogens with one attached hydrogen (secondary N) is 1. The van der Waals surface area contributed by atoms with Crippen LogP contribution in [0.5, 0.6) is 5.75 Å². The minimum atomic E-state index is -1.19. The summed E-state index contributed by atoms with van der Waals surface area (Å²) >= 11 is 0. The molecule has 134 valence electrons. The standard InChI is InChI=1S/C16H17N3O5.ClH/c1-23-9-3-5-10-8(6-9)2-4-11-13(19-24-14(10)11)15(20)18-12(7-17)16(21)22;/h3,5-6,12H,2,4,7,17H2,1H3,(H,18,20)(H,21,22);1H/t12-;/m0./s1. The highest BCUT2D eigenvalue weighted by molar-refractivity contribution is 5.97. The van der Waals surface area contributed by atoms with Crippen molar-refractivity contribution in [3.8, 4) is 17.1 Å². The molecule has 25 heavy (non-hydrogen) atoms. The number of hydrogen-bond acceptors (Lipinski definition) is 6. The number of carbonyl (C=O) groups excluding carboxylic acids is 1. The molecule has 0 bridgehead atoms. The van der Waals surface area contributed by atoms with Crippen LogP contribution in [-0.4, -0.2) is 41.8 Å². The summed E-state index contributed by atoms with van der Waals surface area (Å²) in [6.07, 6.45) is 1.28. The Labute approximate surface area is 149 Å². The molecule has 0 saturated heterocycles. The van der Waals surface area contributed by atoms with Gasteiger partial charge in [-0.25, -0.2) is 4.79 Å². The molecule has 4 N–H and O–H groups in total. The van der Waals surface area contributed by atoms with E-state index in [9.17, 15) is 9.59 Å². The molecule has 1 heterocycles. The third kappa shape index (κ3) is 3.45. The molecule has 0 aliphatic heterocycles. The van der Waals surface area contributed by atoms with Gasteiger partial charge in [0.2, 0.25) is 0 Å². The van der Waals surface area contributed by atoms with Gasteiger partial charge >= 0.3 is 5.97 Å². The SMILES string of the molecule is COc1ccc2c(c1)CCc1c(C(=O)N[C@@H](CN)C(=O)O)noc1-2.Cl. The van der Waals surface area contributed by atoms with Crippen LogP contribution in [0.4, 0.5) is 0 Å². The van der Waals surface area contributed by atoms with Crippen molar-refractivity contribution in [2.24, 2.45) is 5.73 Å². The number of ether oxygens (including phenoxy) is 1. The van der Waals surface area contributed by atoms with Gasteiger partial charge in [-0.15, -0.1) is 12.4 Å². The van der Waals surface area contributed by atoms with Gasteiger partial charge in [-0.05, 0) is 36.6 Å². The molecule has 1 amide bonds. The number of rotatable bonds is 5. The molecule has 0 radical (unpaired) electrons. The first kappa shape index (κ1) is 18.8. The van der Waals surface area contributed by atoms with Gasteiger partial charge in [0.25, 0.3) is 5.91 Å². The summed E-state index contributed by atoms with van der Waals surface area (Å²) in [5.41, 5.74) is 8.04. The summed E-state index contributed by atoms with van der Waals surface area (Å²) in [4.78, 5) is 23.3. The van der Waals surface area contributed by atoms with Gasteiger partial charge in [0, 0.05) is 17.7 Å². The van der Waals surface area contributed by atoms with Crippen LogP contribution in [0, 0.1) is 0 Å². The lowest BCUT2D eigenvalue weighted by Crippen LogP contribution is -2.46. The van der Waals surface area contributed by atoms with E-state index in [0.29, 0.717) is 24.2 Å². The van der Waals surface area contributed by atoms with E-state index in [1.807, 2.05) is 18.2 Å². The molecule has 1 aromatic carbocycles. The molecule has 0 fully saturated rings. The van der Waals surface area contributed by atoms with Crippen molar-refractivity contribution in [2.75, 3.05) is 13.7 Å². The van der Waals surface area contributed by atoms with E-state index in [4.69, 9.17) is 20.1 Å². The lowest BCUT2D eigenvalue weighted by atomic mass is 9.89. The van der Waals surface area contributed by atoms with Crippen molar-refractivity contribution in [1.82, 2.24) is 10.5 Å². The van der Waals surface area contributed by atoms with Crippen LogP contribution in [0.2, 0.25) is 0 Å². The number of nitrogens with zero attached hydrogens (tertiary/aromatic N) is 1. The smallest absolute Gasteiger partial charge is 0.327 e. The van der Waals surface area contributed by atoms with E-state index in [1.54, 1.807) is 7.11 Å². The van der Waals surface area contributed by atoms with Gasteiger partial charge < -0.3 is 25.4 Å². The second-order valence-corrected chi connectivity index (χ2v) is 5.46. The Morgan fingerprint density at radius 3 is 2.84 bits per heavy atom. The number of aryl methyl sites for hydroxylation is 1. The number of nitrogens with two attached hydrogens (primary N) is 1. The van der Waals surface area contributed by atoms with Crippen LogP contribution in [0.3, 0.4) is 0 Å². The summed E-state index contributed by atoms with van der Waals surface area (Å²) < 4.78 is 10.6. The second-order valence-electron chi connectivity index (χ2n) is 5.46. The molecule has 1 aromatic heterocycles. The van der Waals surface area contributed by atoms with Gasteiger partial charge in [0.15, 0.2) is 11.5 Å². The molecule has 0 spiro atoms. The zero-order valence-electron chi connectivity index (χ0n) is 13.4. The third-order valence-corrected chi connectivity index (χ3v) is 4.04. The molecule has 1 aliphatic rings. The fourth-order valence-electron chi connectivity index (χ4n) is 2.76. The van der Waals surface area contributed by atoms with E-state index in [2.05, 4.69) is 10.5 Å². The van der Waals surface area contributed by atoms with Crippen LogP contribution in [0.15, 0.2) is 22.7 Å². The van der Waals surface area contributed by atoms with E-state index >= 15 is 0 Å². The number of carbonyl (C=O) groups is 2. The summed E-state index contributed by atoms with van der Waals surface area (Å²) in [6.45, 7) is -0.205. The van der Waals surface area contributed by atoms with E-state index in [-0.39, 0.29) is 24.6 Å². The second kappa shape index (κ2) is 7.54. The predicted octanol–water partition coefficient (Wildman–Crippen LogP) is 1.01. The van der Waals surface area contributed by atoms with Crippen molar-refractivity contribution in [3.63, 3.8) is 0 Å². The minimum Gasteiger partial charge on any atom is -0.497 e. The molecule has 1 aliphatic carbocycles. The van der Waals surface area contributed by atoms with Crippen LogP contribution >= 0.6 is 12.4 Å². The van der Waals surface area contributed by atoms with Gasteiger partial charge in [-0.3, -0.25) is 4.79 Å². The first-order valence-electron chi connectivity index (χ1n) is 7.44. The number of carboxylic acid groups (broad SMARTS) is 1. The van der Waals surface area contributed by atoms with E-state index < -0.39 is 17.9 Å². The summed E-state index contributed by atoms with van der Waals surface area (Å²) in [6, 6.07) is 4.43. The highest BCUT2D eigenvalue weighted by atomic mass is 35.5. The average molecular weight is 368 g/mol. The maximum atomic E-state index is 12.3. The first-order valence-corrected chi connectivity index (χ1v) is 7.44. The fraction of sp³-hybridized carbons (Fsp3) is 0.312. The minimum absolute atomic E-state index is 0. The Balaban J connectivity index is 0.00000225. The monoisotopic (exact) mass is 367 g/mol. The molecular formula is C16H18ClN3O5. The van der Waals surface area contributed by atoms with Crippen molar-refractivity contribution >= 4 is 24.3 Å². The highest BCUT2D eigenvalue weighted by Gasteiger charge is 2.29. The number of aromatic nitrogens is 1. The lowest BCUT2D eigenvalue weighted by molar-refractivity contribution is -0.138. The largest absolute Gasteiger partial charge is 0.497 e.